The van der Waals surface area contributed by atoms with Gasteiger partial charge in [-0.1, -0.05) is 30.3 Å². The van der Waals surface area contributed by atoms with Gasteiger partial charge in [0, 0.05) is 0 Å². The van der Waals surface area contributed by atoms with Crippen LogP contribution in [0.4, 0.5) is 4.39 Å². The van der Waals surface area contributed by atoms with Gasteiger partial charge in [0.15, 0.2) is 9.84 Å². The minimum Gasteiger partial charge on any atom is -0.223 e. The van der Waals surface area contributed by atoms with Crippen molar-refractivity contribution in [2.45, 2.75) is 17.1 Å². The third kappa shape index (κ3) is 2.43. The van der Waals surface area contributed by atoms with Crippen molar-refractivity contribution in [3.8, 4) is 0 Å². The van der Waals surface area contributed by atoms with Crippen molar-refractivity contribution in [1.82, 2.24) is 0 Å². The maximum atomic E-state index is 12.8. The Kier molecular flexibility index (Phi) is 3.48. The molecule has 2 aromatic carbocycles. The molecule has 0 N–H and O–H groups in total. The molecular weight excluding hydrogens is 251 g/mol. The first-order valence-electron chi connectivity index (χ1n) is 5.56. The van der Waals surface area contributed by atoms with Crippen molar-refractivity contribution < 1.29 is 12.8 Å². The SMILES string of the molecule is CC(c1ccccc1)S(=O)(=O)c1ccc(F)cc1. The second-order valence-corrected chi connectivity index (χ2v) is 6.32. The molecule has 18 heavy (non-hydrogen) atoms. The molecule has 0 amide bonds. The van der Waals surface area contributed by atoms with Crippen LogP contribution in [0.3, 0.4) is 0 Å². The average molecular weight is 264 g/mol. The molecule has 0 bridgehead atoms. The summed E-state index contributed by atoms with van der Waals surface area (Å²) in [5.74, 6) is -0.443. The van der Waals surface area contributed by atoms with Gasteiger partial charge in [-0.25, -0.2) is 12.8 Å². The fourth-order valence-electron chi connectivity index (χ4n) is 1.73. The van der Waals surface area contributed by atoms with E-state index >= 15 is 0 Å². The van der Waals surface area contributed by atoms with E-state index in [1.165, 1.54) is 12.1 Å². The molecule has 0 heterocycles. The predicted octanol–water partition coefficient (Wildman–Crippen LogP) is 3.36. The standard InChI is InChI=1S/C14H13FO2S/c1-11(12-5-3-2-4-6-12)18(16,17)14-9-7-13(15)8-10-14/h2-11H,1H3. The van der Waals surface area contributed by atoms with E-state index < -0.39 is 20.9 Å². The van der Waals surface area contributed by atoms with Gasteiger partial charge in [-0.15, -0.1) is 0 Å². The lowest BCUT2D eigenvalue weighted by atomic mass is 10.2. The quantitative estimate of drug-likeness (QED) is 0.797. The zero-order valence-corrected chi connectivity index (χ0v) is 10.7. The van der Waals surface area contributed by atoms with Gasteiger partial charge in [-0.2, -0.15) is 0 Å². The van der Waals surface area contributed by atoms with Gasteiger partial charge >= 0.3 is 0 Å². The van der Waals surface area contributed by atoms with Crippen LogP contribution < -0.4 is 0 Å². The van der Waals surface area contributed by atoms with Gasteiger partial charge in [-0.3, -0.25) is 0 Å². The minimum absolute atomic E-state index is 0.139. The first-order chi connectivity index (χ1) is 8.51. The Morgan fingerprint density at radius 2 is 1.50 bits per heavy atom. The van der Waals surface area contributed by atoms with E-state index in [1.807, 2.05) is 6.07 Å². The molecule has 2 nitrogen and oxygen atoms in total. The zero-order valence-electron chi connectivity index (χ0n) is 9.88. The van der Waals surface area contributed by atoms with Crippen LogP contribution in [0.15, 0.2) is 59.5 Å². The van der Waals surface area contributed by atoms with Crippen LogP contribution in [0.25, 0.3) is 0 Å². The van der Waals surface area contributed by atoms with Crippen molar-refractivity contribution >= 4 is 9.84 Å². The van der Waals surface area contributed by atoms with E-state index in [9.17, 15) is 12.8 Å². The fraction of sp³-hybridized carbons (Fsp3) is 0.143. The number of hydrogen-bond acceptors (Lipinski definition) is 2. The summed E-state index contributed by atoms with van der Waals surface area (Å²) in [6.07, 6.45) is 0. The van der Waals surface area contributed by atoms with E-state index in [4.69, 9.17) is 0 Å². The summed E-state index contributed by atoms with van der Waals surface area (Å²) in [7, 11) is -3.48. The average Bonchev–Trinajstić information content (AvgIpc) is 2.39. The lowest BCUT2D eigenvalue weighted by Crippen LogP contribution is -2.10. The summed E-state index contributed by atoms with van der Waals surface area (Å²) < 4.78 is 37.4. The topological polar surface area (TPSA) is 34.1 Å². The molecule has 0 spiro atoms. The van der Waals surface area contributed by atoms with E-state index in [0.29, 0.717) is 0 Å². The Balaban J connectivity index is 2.40. The molecule has 1 unspecified atom stereocenters. The molecule has 0 radical (unpaired) electrons. The Bertz CT molecular complexity index is 619. The molecule has 0 aliphatic heterocycles. The van der Waals surface area contributed by atoms with Crippen LogP contribution in [0.1, 0.15) is 17.7 Å². The third-order valence-electron chi connectivity index (χ3n) is 2.88. The van der Waals surface area contributed by atoms with Crippen LogP contribution in [0.2, 0.25) is 0 Å². The number of halogens is 1. The van der Waals surface area contributed by atoms with Crippen molar-refractivity contribution in [2.75, 3.05) is 0 Å². The van der Waals surface area contributed by atoms with Crippen LogP contribution in [-0.4, -0.2) is 8.42 Å². The Morgan fingerprint density at radius 3 is 2.06 bits per heavy atom. The van der Waals surface area contributed by atoms with E-state index in [0.717, 1.165) is 17.7 Å². The van der Waals surface area contributed by atoms with Crippen molar-refractivity contribution in [3.63, 3.8) is 0 Å². The summed E-state index contributed by atoms with van der Waals surface area (Å²) in [5.41, 5.74) is 0.724. The monoisotopic (exact) mass is 264 g/mol. The lowest BCUT2D eigenvalue weighted by Gasteiger charge is -2.13. The molecule has 1 atom stereocenters. The Morgan fingerprint density at radius 1 is 0.944 bits per heavy atom. The van der Waals surface area contributed by atoms with Gasteiger partial charge in [0.1, 0.15) is 5.82 Å². The number of sulfone groups is 1. The summed E-state index contributed by atoms with van der Waals surface area (Å²) in [6.45, 7) is 1.63. The van der Waals surface area contributed by atoms with Crippen LogP contribution >= 0.6 is 0 Å². The molecule has 0 aromatic heterocycles. The first kappa shape index (κ1) is 12.8. The van der Waals surface area contributed by atoms with Gasteiger partial charge < -0.3 is 0 Å². The maximum absolute atomic E-state index is 12.8. The van der Waals surface area contributed by atoms with E-state index in [-0.39, 0.29) is 4.90 Å². The number of rotatable bonds is 3. The highest BCUT2D eigenvalue weighted by atomic mass is 32.2. The highest BCUT2D eigenvalue weighted by Crippen LogP contribution is 2.28. The number of hydrogen-bond donors (Lipinski definition) is 0. The largest absolute Gasteiger partial charge is 0.223 e. The molecular formula is C14H13FO2S. The summed E-state index contributed by atoms with van der Waals surface area (Å²) in [4.78, 5) is 0.139. The molecule has 0 aliphatic rings. The molecule has 94 valence electrons. The van der Waals surface area contributed by atoms with Crippen molar-refractivity contribution in [1.29, 1.82) is 0 Å². The third-order valence-corrected chi connectivity index (χ3v) is 5.01. The lowest BCUT2D eigenvalue weighted by molar-refractivity contribution is 0.585. The van der Waals surface area contributed by atoms with Crippen molar-refractivity contribution in [2.24, 2.45) is 0 Å². The van der Waals surface area contributed by atoms with Gasteiger partial charge in [-0.05, 0) is 36.8 Å². The molecule has 2 aromatic rings. The molecule has 4 heteroatoms. The molecule has 0 saturated heterocycles. The molecule has 0 fully saturated rings. The second kappa shape index (κ2) is 4.90. The highest BCUT2D eigenvalue weighted by Gasteiger charge is 2.24. The zero-order chi connectivity index (χ0) is 13.2. The van der Waals surface area contributed by atoms with Crippen LogP contribution in [0, 0.1) is 5.82 Å². The van der Waals surface area contributed by atoms with Gasteiger partial charge in [0.25, 0.3) is 0 Å². The predicted molar refractivity (Wildman–Crippen MR) is 68.4 cm³/mol. The van der Waals surface area contributed by atoms with E-state index in [1.54, 1.807) is 31.2 Å². The van der Waals surface area contributed by atoms with Gasteiger partial charge in [0.05, 0.1) is 10.1 Å². The summed E-state index contributed by atoms with van der Waals surface area (Å²) in [5, 5.41) is -0.649. The Labute approximate surface area is 106 Å². The highest BCUT2D eigenvalue weighted by molar-refractivity contribution is 7.91. The van der Waals surface area contributed by atoms with Crippen LogP contribution in [0.5, 0.6) is 0 Å². The summed E-state index contributed by atoms with van der Waals surface area (Å²) in [6, 6.07) is 13.9. The minimum atomic E-state index is -3.48. The molecule has 0 aliphatic carbocycles. The normalized spacial score (nSPS) is 13.2. The smallest absolute Gasteiger partial charge is 0.185 e. The molecule has 2 rings (SSSR count). The van der Waals surface area contributed by atoms with Gasteiger partial charge in [0.2, 0.25) is 0 Å². The number of benzene rings is 2. The fourth-order valence-corrected chi connectivity index (χ4v) is 3.17. The molecule has 0 saturated carbocycles. The van der Waals surface area contributed by atoms with E-state index in [2.05, 4.69) is 0 Å². The summed E-state index contributed by atoms with van der Waals surface area (Å²) >= 11 is 0. The van der Waals surface area contributed by atoms with Crippen LogP contribution in [-0.2, 0) is 9.84 Å². The maximum Gasteiger partial charge on any atom is 0.185 e. The Hall–Kier alpha value is -1.68. The van der Waals surface area contributed by atoms with Crippen molar-refractivity contribution in [3.05, 3.63) is 66.0 Å². The second-order valence-electron chi connectivity index (χ2n) is 4.05. The first-order valence-corrected chi connectivity index (χ1v) is 7.11.